The molecule has 0 N–H and O–H groups in total. The van der Waals surface area contributed by atoms with Gasteiger partial charge in [0.1, 0.15) is 12.2 Å². The molecule has 0 atom stereocenters. The van der Waals surface area contributed by atoms with E-state index in [0.29, 0.717) is 15.1 Å². The van der Waals surface area contributed by atoms with Crippen LogP contribution in [0.2, 0.25) is 15.1 Å². The van der Waals surface area contributed by atoms with E-state index >= 15 is 0 Å². The summed E-state index contributed by atoms with van der Waals surface area (Å²) in [6.45, 7) is 2.95. The minimum absolute atomic E-state index is 0.548. The predicted molar refractivity (Wildman–Crippen MR) is 109 cm³/mol. The van der Waals surface area contributed by atoms with E-state index in [0.717, 1.165) is 36.7 Å². The smallest absolute Gasteiger partial charge is 0.149 e. The van der Waals surface area contributed by atoms with E-state index in [2.05, 4.69) is 9.36 Å². The third-order valence-corrected chi connectivity index (χ3v) is 5.89. The fourth-order valence-electron chi connectivity index (χ4n) is 3.80. The first-order chi connectivity index (χ1) is 12.6. The highest BCUT2D eigenvalue weighted by molar-refractivity contribution is 6.40. The van der Waals surface area contributed by atoms with Gasteiger partial charge in [-0.25, -0.2) is 0 Å². The second kappa shape index (κ2) is 9.43. The number of rotatable bonds is 1. The van der Waals surface area contributed by atoms with Gasteiger partial charge < -0.3 is 0 Å². The van der Waals surface area contributed by atoms with Crippen LogP contribution in [0.5, 0.6) is 0 Å². The first kappa shape index (κ1) is 20.0. The predicted octanol–water partition coefficient (Wildman–Crippen LogP) is 6.50. The fraction of sp³-hybridized carbons (Fsp3) is 0.600. The van der Waals surface area contributed by atoms with Gasteiger partial charge in [-0.05, 0) is 36.4 Å². The first-order valence-corrected chi connectivity index (χ1v) is 10.8. The third-order valence-electron chi connectivity index (χ3n) is 5.10. The second-order valence-corrected chi connectivity index (χ2v) is 8.41. The molecule has 26 heavy (non-hydrogen) atoms. The molecular weight excluding hydrogens is 389 g/mol. The molecule has 0 saturated carbocycles. The van der Waals surface area contributed by atoms with Gasteiger partial charge in [0, 0.05) is 11.9 Å². The van der Waals surface area contributed by atoms with Crippen molar-refractivity contribution in [1.29, 1.82) is 0 Å². The van der Waals surface area contributed by atoms with Crippen molar-refractivity contribution in [1.82, 2.24) is 9.67 Å². The third kappa shape index (κ3) is 4.74. The van der Waals surface area contributed by atoms with Crippen molar-refractivity contribution in [2.45, 2.75) is 77.7 Å². The summed E-state index contributed by atoms with van der Waals surface area (Å²) in [4.78, 5) is 4.86. The lowest BCUT2D eigenvalue weighted by Gasteiger charge is -2.11. The Morgan fingerprint density at radius 1 is 0.846 bits per heavy atom. The standard InChI is InChI=1S/C20H27Cl3N3/c1-15-24-19-11-9-7-5-3-2-4-6-8-10-12-25(19)26(15)20-17(22)13-16(21)14-18(20)23/h13-14H,2-12H2,1H3/q+1. The molecule has 2 heterocycles. The average Bonchev–Trinajstić information content (AvgIpc) is 2.88. The van der Waals surface area contributed by atoms with Crippen molar-refractivity contribution in [3.63, 3.8) is 0 Å². The van der Waals surface area contributed by atoms with Gasteiger partial charge in [0.25, 0.3) is 5.82 Å². The van der Waals surface area contributed by atoms with E-state index in [4.69, 9.17) is 39.8 Å². The monoisotopic (exact) mass is 414 g/mol. The number of benzene rings is 1. The van der Waals surface area contributed by atoms with Crippen LogP contribution in [0.25, 0.3) is 5.69 Å². The van der Waals surface area contributed by atoms with E-state index in [1.54, 1.807) is 12.1 Å². The summed E-state index contributed by atoms with van der Waals surface area (Å²) in [7, 11) is 0. The highest BCUT2D eigenvalue weighted by atomic mass is 35.5. The summed E-state index contributed by atoms with van der Waals surface area (Å²) >= 11 is 19.1. The molecule has 1 aromatic heterocycles. The SMILES string of the molecule is Cc1nc2[n+](n1-c1c(Cl)cc(Cl)cc1Cl)CCCCCCCCCCC2. The highest BCUT2D eigenvalue weighted by Gasteiger charge is 2.26. The molecule has 1 aliphatic heterocycles. The summed E-state index contributed by atoms with van der Waals surface area (Å²) in [5.41, 5.74) is 0.776. The molecule has 142 valence electrons. The zero-order chi connectivity index (χ0) is 18.5. The zero-order valence-corrected chi connectivity index (χ0v) is 17.7. The zero-order valence-electron chi connectivity index (χ0n) is 15.4. The Morgan fingerprint density at radius 3 is 2.00 bits per heavy atom. The van der Waals surface area contributed by atoms with Crippen LogP contribution in [-0.4, -0.2) is 9.67 Å². The molecule has 0 saturated heterocycles. The van der Waals surface area contributed by atoms with Crippen LogP contribution in [0, 0.1) is 6.92 Å². The maximum Gasteiger partial charge on any atom is 0.319 e. The van der Waals surface area contributed by atoms with Gasteiger partial charge in [-0.3, -0.25) is 0 Å². The maximum atomic E-state index is 6.51. The van der Waals surface area contributed by atoms with E-state index in [1.807, 2.05) is 6.92 Å². The van der Waals surface area contributed by atoms with E-state index in [-0.39, 0.29) is 0 Å². The number of aryl methyl sites for hydroxylation is 2. The van der Waals surface area contributed by atoms with Crippen molar-refractivity contribution in [3.05, 3.63) is 38.8 Å². The number of fused-ring (bicyclic) bond motifs is 1. The molecule has 0 aliphatic carbocycles. The van der Waals surface area contributed by atoms with Crippen LogP contribution in [0.3, 0.4) is 0 Å². The molecule has 6 heteroatoms. The molecule has 1 aromatic carbocycles. The molecular formula is C20H27Cl3N3+. The lowest BCUT2D eigenvalue weighted by atomic mass is 10.1. The molecule has 3 nitrogen and oxygen atoms in total. The molecule has 2 aromatic rings. The normalized spacial score (nSPS) is 17.1. The Labute approximate surface area is 171 Å². The van der Waals surface area contributed by atoms with E-state index in [1.165, 1.54) is 51.4 Å². The average molecular weight is 416 g/mol. The summed E-state index contributed by atoms with van der Waals surface area (Å²) < 4.78 is 4.35. The Balaban J connectivity index is 1.99. The number of aromatic nitrogens is 3. The number of halogens is 3. The lowest BCUT2D eigenvalue weighted by Crippen LogP contribution is -2.46. The number of nitrogens with zero attached hydrogens (tertiary/aromatic N) is 3. The summed E-state index contributed by atoms with van der Waals surface area (Å²) in [5, 5.41) is 1.66. The number of hydrogen-bond donors (Lipinski definition) is 0. The van der Waals surface area contributed by atoms with Gasteiger partial charge in [0.2, 0.25) is 0 Å². The molecule has 0 unspecified atom stereocenters. The molecule has 0 bridgehead atoms. The Morgan fingerprint density at radius 2 is 1.38 bits per heavy atom. The van der Waals surface area contributed by atoms with Gasteiger partial charge in [0.15, 0.2) is 0 Å². The fourth-order valence-corrected chi connectivity index (χ4v) is 4.77. The minimum Gasteiger partial charge on any atom is -0.149 e. The van der Waals surface area contributed by atoms with Gasteiger partial charge in [-0.15, -0.1) is 9.36 Å². The van der Waals surface area contributed by atoms with Gasteiger partial charge in [0.05, 0.1) is 16.5 Å². The summed E-state index contributed by atoms with van der Waals surface area (Å²) in [6.07, 6.45) is 12.6. The van der Waals surface area contributed by atoms with Crippen LogP contribution in [0.15, 0.2) is 12.1 Å². The maximum absolute atomic E-state index is 6.51. The van der Waals surface area contributed by atoms with Crippen molar-refractivity contribution in [2.75, 3.05) is 0 Å². The Hall–Kier alpha value is -0.770. The van der Waals surface area contributed by atoms with Gasteiger partial charge in [-0.1, -0.05) is 73.3 Å². The largest absolute Gasteiger partial charge is 0.319 e. The van der Waals surface area contributed by atoms with Gasteiger partial charge in [-0.2, -0.15) is 0 Å². The van der Waals surface area contributed by atoms with Crippen molar-refractivity contribution < 1.29 is 4.68 Å². The second-order valence-electron chi connectivity index (χ2n) is 7.16. The van der Waals surface area contributed by atoms with Gasteiger partial charge >= 0.3 is 5.82 Å². The highest BCUT2D eigenvalue weighted by Crippen LogP contribution is 2.32. The Bertz CT molecular complexity index is 732. The minimum atomic E-state index is 0.548. The lowest BCUT2D eigenvalue weighted by molar-refractivity contribution is -0.774. The van der Waals surface area contributed by atoms with E-state index in [9.17, 15) is 0 Å². The van der Waals surface area contributed by atoms with Crippen LogP contribution in [-0.2, 0) is 13.0 Å². The molecule has 3 rings (SSSR count). The van der Waals surface area contributed by atoms with Crippen molar-refractivity contribution in [2.24, 2.45) is 0 Å². The van der Waals surface area contributed by atoms with Crippen molar-refractivity contribution >= 4 is 34.8 Å². The quantitative estimate of drug-likeness (QED) is 0.487. The molecule has 1 aliphatic rings. The topological polar surface area (TPSA) is 21.7 Å². The Kier molecular flexibility index (Phi) is 7.25. The van der Waals surface area contributed by atoms with Crippen LogP contribution >= 0.6 is 34.8 Å². The molecule has 0 spiro atoms. The summed E-state index contributed by atoms with van der Waals surface area (Å²) in [5.74, 6) is 2.04. The number of hydrogen-bond acceptors (Lipinski definition) is 1. The van der Waals surface area contributed by atoms with Crippen LogP contribution in [0.4, 0.5) is 0 Å². The molecule has 0 fully saturated rings. The summed E-state index contributed by atoms with van der Waals surface area (Å²) in [6, 6.07) is 3.49. The molecule has 0 radical (unpaired) electrons. The van der Waals surface area contributed by atoms with Crippen LogP contribution < -0.4 is 4.68 Å². The first-order valence-electron chi connectivity index (χ1n) is 9.71. The van der Waals surface area contributed by atoms with Crippen LogP contribution in [0.1, 0.15) is 69.4 Å². The molecule has 0 amide bonds. The van der Waals surface area contributed by atoms with Crippen molar-refractivity contribution in [3.8, 4) is 5.69 Å². The van der Waals surface area contributed by atoms with E-state index < -0.39 is 0 Å².